The molecule has 2 atom stereocenters. The first-order valence-corrected chi connectivity index (χ1v) is 11.2. The lowest BCUT2D eigenvalue weighted by atomic mass is 10.1. The molecule has 3 aromatic rings. The standard InChI is InChI=1S/C26H31N3O4/c1-16-7-8-17(2)23(11-16)29-24(26(30)28-14-18(3)33-19(4)15-28)13-22(27-29)21-10-9-20(31-5)12-25(21)32-6/h7-13,18-19H,14-15H2,1-6H3. The topological polar surface area (TPSA) is 65.8 Å². The Hall–Kier alpha value is -3.32. The molecule has 2 heterocycles. The summed E-state index contributed by atoms with van der Waals surface area (Å²) in [6.07, 6.45) is -0.0353. The molecule has 2 unspecified atom stereocenters. The number of hydrogen-bond donors (Lipinski definition) is 0. The highest BCUT2D eigenvalue weighted by Gasteiger charge is 2.30. The molecule has 1 aliphatic heterocycles. The molecular formula is C26H31N3O4. The summed E-state index contributed by atoms with van der Waals surface area (Å²) < 4.78 is 18.5. The van der Waals surface area contributed by atoms with Crippen LogP contribution in [-0.2, 0) is 4.74 Å². The third kappa shape index (κ3) is 4.59. The molecule has 4 rings (SSSR count). The summed E-state index contributed by atoms with van der Waals surface area (Å²) in [6.45, 7) is 9.13. The van der Waals surface area contributed by atoms with Crippen LogP contribution in [0.25, 0.3) is 16.9 Å². The summed E-state index contributed by atoms with van der Waals surface area (Å²) in [6, 6.07) is 13.6. The summed E-state index contributed by atoms with van der Waals surface area (Å²) in [5.74, 6) is 1.26. The van der Waals surface area contributed by atoms with Crippen molar-refractivity contribution in [3.63, 3.8) is 0 Å². The van der Waals surface area contributed by atoms with Gasteiger partial charge in [-0.2, -0.15) is 5.10 Å². The molecule has 0 bridgehead atoms. The molecule has 1 saturated heterocycles. The minimum atomic E-state index is -0.0656. The van der Waals surface area contributed by atoms with Crippen LogP contribution in [0.4, 0.5) is 0 Å². The average molecular weight is 450 g/mol. The van der Waals surface area contributed by atoms with E-state index in [1.54, 1.807) is 18.9 Å². The predicted octanol–water partition coefficient (Wildman–Crippen LogP) is 4.42. The molecule has 2 aromatic carbocycles. The highest BCUT2D eigenvalue weighted by atomic mass is 16.5. The Bertz CT molecular complexity index is 1160. The Morgan fingerprint density at radius 1 is 1.00 bits per heavy atom. The Kier molecular flexibility index (Phi) is 6.42. The third-order valence-electron chi connectivity index (χ3n) is 5.91. The lowest BCUT2D eigenvalue weighted by Gasteiger charge is -2.35. The van der Waals surface area contributed by atoms with Crippen LogP contribution in [0.3, 0.4) is 0 Å². The van der Waals surface area contributed by atoms with Gasteiger partial charge in [-0.05, 0) is 63.1 Å². The van der Waals surface area contributed by atoms with Gasteiger partial charge in [-0.3, -0.25) is 4.79 Å². The first kappa shape index (κ1) is 22.9. The molecule has 174 valence electrons. The molecule has 0 saturated carbocycles. The fourth-order valence-corrected chi connectivity index (χ4v) is 4.31. The lowest BCUT2D eigenvalue weighted by Crippen LogP contribution is -2.48. The van der Waals surface area contributed by atoms with Crippen LogP contribution in [0.5, 0.6) is 11.5 Å². The number of morpholine rings is 1. The van der Waals surface area contributed by atoms with Gasteiger partial charge in [-0.25, -0.2) is 4.68 Å². The predicted molar refractivity (Wildman–Crippen MR) is 127 cm³/mol. The van der Waals surface area contributed by atoms with Crippen molar-refractivity contribution in [3.8, 4) is 28.4 Å². The van der Waals surface area contributed by atoms with Gasteiger partial charge in [0, 0.05) is 24.7 Å². The molecular weight excluding hydrogens is 418 g/mol. The zero-order chi connectivity index (χ0) is 23.7. The Morgan fingerprint density at radius 2 is 1.73 bits per heavy atom. The number of rotatable bonds is 5. The van der Waals surface area contributed by atoms with Gasteiger partial charge in [0.15, 0.2) is 0 Å². The largest absolute Gasteiger partial charge is 0.497 e. The molecule has 7 heteroatoms. The van der Waals surface area contributed by atoms with Crippen molar-refractivity contribution >= 4 is 5.91 Å². The Balaban J connectivity index is 1.86. The Labute approximate surface area is 194 Å². The molecule has 1 aromatic heterocycles. The van der Waals surface area contributed by atoms with Gasteiger partial charge in [0.1, 0.15) is 17.2 Å². The van der Waals surface area contributed by atoms with Crippen LogP contribution in [0.15, 0.2) is 42.5 Å². The van der Waals surface area contributed by atoms with Crippen LogP contribution >= 0.6 is 0 Å². The van der Waals surface area contributed by atoms with Crippen LogP contribution in [0, 0.1) is 13.8 Å². The number of methoxy groups -OCH3 is 2. The van der Waals surface area contributed by atoms with Crippen LogP contribution in [-0.4, -0.2) is 60.1 Å². The molecule has 7 nitrogen and oxygen atoms in total. The first-order chi connectivity index (χ1) is 15.8. The normalized spacial score (nSPS) is 18.3. The molecule has 0 radical (unpaired) electrons. The monoisotopic (exact) mass is 449 g/mol. The quantitative estimate of drug-likeness (QED) is 0.577. The number of hydrogen-bond acceptors (Lipinski definition) is 5. The smallest absolute Gasteiger partial charge is 0.272 e. The summed E-state index contributed by atoms with van der Waals surface area (Å²) in [4.78, 5) is 15.6. The van der Waals surface area contributed by atoms with Crippen molar-refractivity contribution in [1.82, 2.24) is 14.7 Å². The summed E-state index contributed by atoms with van der Waals surface area (Å²) >= 11 is 0. The molecule has 1 aliphatic rings. The maximum Gasteiger partial charge on any atom is 0.272 e. The minimum absolute atomic E-state index is 0.0177. The molecule has 0 aliphatic carbocycles. The molecule has 1 fully saturated rings. The number of ether oxygens (including phenoxy) is 3. The number of carbonyl (C=O) groups is 1. The number of carbonyl (C=O) groups excluding carboxylic acids is 1. The van der Waals surface area contributed by atoms with Crippen LogP contribution < -0.4 is 9.47 Å². The van der Waals surface area contributed by atoms with Crippen molar-refractivity contribution in [2.24, 2.45) is 0 Å². The summed E-state index contributed by atoms with van der Waals surface area (Å²) in [5.41, 5.74) is 4.98. The van der Waals surface area contributed by atoms with Gasteiger partial charge in [0.25, 0.3) is 5.91 Å². The highest BCUT2D eigenvalue weighted by molar-refractivity contribution is 5.95. The van der Waals surface area contributed by atoms with Crippen molar-refractivity contribution in [3.05, 3.63) is 59.3 Å². The zero-order valence-corrected chi connectivity index (χ0v) is 20.1. The minimum Gasteiger partial charge on any atom is -0.497 e. The van der Waals surface area contributed by atoms with Crippen molar-refractivity contribution in [1.29, 1.82) is 0 Å². The SMILES string of the molecule is COc1ccc(-c2cc(C(=O)N3CC(C)OC(C)C3)n(-c3cc(C)ccc3C)n2)c(OC)c1. The van der Waals surface area contributed by atoms with E-state index < -0.39 is 0 Å². The van der Waals surface area contributed by atoms with E-state index >= 15 is 0 Å². The van der Waals surface area contributed by atoms with E-state index in [0.29, 0.717) is 36.0 Å². The number of aryl methyl sites for hydroxylation is 2. The van der Waals surface area contributed by atoms with Gasteiger partial charge < -0.3 is 19.1 Å². The molecule has 0 N–H and O–H groups in total. The second-order valence-electron chi connectivity index (χ2n) is 8.65. The highest BCUT2D eigenvalue weighted by Crippen LogP contribution is 2.34. The van der Waals surface area contributed by atoms with E-state index in [1.807, 2.05) is 62.9 Å². The maximum atomic E-state index is 13.7. The van der Waals surface area contributed by atoms with Gasteiger partial charge >= 0.3 is 0 Å². The molecule has 33 heavy (non-hydrogen) atoms. The number of benzene rings is 2. The van der Waals surface area contributed by atoms with Crippen molar-refractivity contribution in [2.75, 3.05) is 27.3 Å². The van der Waals surface area contributed by atoms with Gasteiger partial charge in [-0.1, -0.05) is 12.1 Å². The van der Waals surface area contributed by atoms with E-state index in [-0.39, 0.29) is 18.1 Å². The summed E-state index contributed by atoms with van der Waals surface area (Å²) in [7, 11) is 3.23. The van der Waals surface area contributed by atoms with Gasteiger partial charge in [0.05, 0.1) is 37.8 Å². The fourth-order valence-electron chi connectivity index (χ4n) is 4.31. The number of aromatic nitrogens is 2. The first-order valence-electron chi connectivity index (χ1n) is 11.2. The van der Waals surface area contributed by atoms with Gasteiger partial charge in [0.2, 0.25) is 0 Å². The zero-order valence-electron chi connectivity index (χ0n) is 20.1. The Morgan fingerprint density at radius 3 is 2.39 bits per heavy atom. The summed E-state index contributed by atoms with van der Waals surface area (Å²) in [5, 5.41) is 4.89. The van der Waals surface area contributed by atoms with Crippen LogP contribution in [0.2, 0.25) is 0 Å². The number of amides is 1. The van der Waals surface area contributed by atoms with Crippen molar-refractivity contribution < 1.29 is 19.0 Å². The van der Waals surface area contributed by atoms with E-state index in [0.717, 1.165) is 22.4 Å². The maximum absolute atomic E-state index is 13.7. The number of nitrogens with zero attached hydrogens (tertiary/aromatic N) is 3. The van der Waals surface area contributed by atoms with Crippen LogP contribution in [0.1, 0.15) is 35.5 Å². The second-order valence-corrected chi connectivity index (χ2v) is 8.65. The molecule has 0 spiro atoms. The van der Waals surface area contributed by atoms with E-state index in [9.17, 15) is 4.79 Å². The van der Waals surface area contributed by atoms with Gasteiger partial charge in [-0.15, -0.1) is 0 Å². The fraction of sp³-hybridized carbons (Fsp3) is 0.385. The average Bonchev–Trinajstić information content (AvgIpc) is 3.23. The van der Waals surface area contributed by atoms with Crippen molar-refractivity contribution in [2.45, 2.75) is 39.9 Å². The molecule has 1 amide bonds. The van der Waals surface area contributed by atoms with E-state index in [2.05, 4.69) is 12.1 Å². The van der Waals surface area contributed by atoms with E-state index in [1.165, 1.54) is 0 Å². The van der Waals surface area contributed by atoms with E-state index in [4.69, 9.17) is 19.3 Å². The third-order valence-corrected chi connectivity index (χ3v) is 5.91. The second kappa shape index (κ2) is 9.27. The lowest BCUT2D eigenvalue weighted by molar-refractivity contribution is -0.0588.